The van der Waals surface area contributed by atoms with Gasteiger partial charge in [0.15, 0.2) is 0 Å². The Morgan fingerprint density at radius 3 is 2.58 bits per heavy atom. The van der Waals surface area contributed by atoms with E-state index in [1.807, 2.05) is 0 Å². The molecule has 0 spiro atoms. The second-order valence-corrected chi connectivity index (χ2v) is 6.79. The maximum Gasteiger partial charge on any atom is 0.138 e. The molecular formula is C16H29NO2. The number of ether oxygens (including phenoxy) is 1. The van der Waals surface area contributed by atoms with Crippen LogP contribution in [0.15, 0.2) is 0 Å². The summed E-state index contributed by atoms with van der Waals surface area (Å²) in [5.74, 6) is 0.464. The molecule has 0 N–H and O–H groups in total. The fraction of sp³-hybridized carbons (Fsp3) is 0.938. The Bertz CT molecular complexity index is 300. The highest BCUT2D eigenvalue weighted by molar-refractivity contribution is 5.84. The molecule has 1 unspecified atom stereocenters. The average molecular weight is 267 g/mol. The highest BCUT2D eigenvalue weighted by atomic mass is 16.5. The lowest BCUT2D eigenvalue weighted by molar-refractivity contribution is -0.131. The van der Waals surface area contributed by atoms with Crippen molar-refractivity contribution in [3.8, 4) is 0 Å². The zero-order chi connectivity index (χ0) is 13.9. The van der Waals surface area contributed by atoms with E-state index < -0.39 is 0 Å². The molecule has 2 saturated heterocycles. The van der Waals surface area contributed by atoms with Gasteiger partial charge in [0.25, 0.3) is 0 Å². The number of hydrogen-bond acceptors (Lipinski definition) is 3. The summed E-state index contributed by atoms with van der Waals surface area (Å²) >= 11 is 0. The summed E-state index contributed by atoms with van der Waals surface area (Å²) in [6.07, 6.45) is 6.35. The van der Waals surface area contributed by atoms with E-state index in [2.05, 4.69) is 25.7 Å². The third-order valence-electron chi connectivity index (χ3n) is 5.02. The molecule has 0 aromatic rings. The van der Waals surface area contributed by atoms with Crippen molar-refractivity contribution in [1.29, 1.82) is 0 Å². The molecule has 110 valence electrons. The van der Waals surface area contributed by atoms with Crippen molar-refractivity contribution in [1.82, 2.24) is 4.90 Å². The van der Waals surface area contributed by atoms with Crippen molar-refractivity contribution in [3.63, 3.8) is 0 Å². The SMILES string of the molecule is CC(C)N1CCC(C)(C(=O)CCC2CCCO2)CC1. The van der Waals surface area contributed by atoms with E-state index in [0.29, 0.717) is 24.3 Å². The van der Waals surface area contributed by atoms with E-state index in [1.165, 1.54) is 6.42 Å². The summed E-state index contributed by atoms with van der Waals surface area (Å²) in [7, 11) is 0. The number of nitrogens with zero attached hydrogens (tertiary/aromatic N) is 1. The third kappa shape index (κ3) is 3.79. The molecule has 2 aliphatic heterocycles. The van der Waals surface area contributed by atoms with Gasteiger partial charge in [0.2, 0.25) is 0 Å². The lowest BCUT2D eigenvalue weighted by Crippen LogP contribution is -2.45. The van der Waals surface area contributed by atoms with Crippen LogP contribution in [0.5, 0.6) is 0 Å². The first-order valence-corrected chi connectivity index (χ1v) is 7.90. The number of rotatable bonds is 5. The van der Waals surface area contributed by atoms with Crippen LogP contribution in [0, 0.1) is 5.41 Å². The van der Waals surface area contributed by atoms with Crippen molar-refractivity contribution in [2.75, 3.05) is 19.7 Å². The molecule has 2 rings (SSSR count). The molecule has 2 aliphatic rings. The van der Waals surface area contributed by atoms with Crippen molar-refractivity contribution in [2.45, 2.75) is 71.4 Å². The summed E-state index contributed by atoms with van der Waals surface area (Å²) in [5, 5.41) is 0. The molecule has 2 fully saturated rings. The summed E-state index contributed by atoms with van der Waals surface area (Å²) in [6, 6.07) is 0.603. The van der Waals surface area contributed by atoms with E-state index in [-0.39, 0.29) is 5.41 Å². The highest BCUT2D eigenvalue weighted by Crippen LogP contribution is 2.34. The number of carbonyl (C=O) groups is 1. The number of likely N-dealkylation sites (tertiary alicyclic amines) is 1. The Morgan fingerprint density at radius 1 is 1.37 bits per heavy atom. The molecule has 3 heteroatoms. The van der Waals surface area contributed by atoms with Gasteiger partial charge in [0.05, 0.1) is 6.10 Å². The molecule has 2 heterocycles. The van der Waals surface area contributed by atoms with Crippen LogP contribution < -0.4 is 0 Å². The lowest BCUT2D eigenvalue weighted by atomic mass is 9.75. The average Bonchev–Trinajstić information content (AvgIpc) is 2.89. The van der Waals surface area contributed by atoms with Gasteiger partial charge in [-0.25, -0.2) is 0 Å². The normalized spacial score (nSPS) is 27.9. The molecular weight excluding hydrogens is 238 g/mol. The van der Waals surface area contributed by atoms with Gasteiger partial charge in [-0.3, -0.25) is 4.79 Å². The van der Waals surface area contributed by atoms with E-state index in [4.69, 9.17) is 4.74 Å². The maximum atomic E-state index is 12.5. The first-order valence-electron chi connectivity index (χ1n) is 7.90. The molecule has 0 aliphatic carbocycles. The predicted molar refractivity (Wildman–Crippen MR) is 77.3 cm³/mol. The van der Waals surface area contributed by atoms with Crippen LogP contribution in [-0.2, 0) is 9.53 Å². The fourth-order valence-electron chi connectivity index (χ4n) is 3.28. The molecule has 3 nitrogen and oxygen atoms in total. The first-order chi connectivity index (χ1) is 9.01. The summed E-state index contributed by atoms with van der Waals surface area (Å²) in [6.45, 7) is 9.67. The van der Waals surface area contributed by atoms with Crippen LogP contribution in [0.3, 0.4) is 0 Å². The Balaban J connectivity index is 1.78. The predicted octanol–water partition coefficient (Wildman–Crippen LogP) is 3.03. The van der Waals surface area contributed by atoms with Crippen LogP contribution in [0.1, 0.15) is 59.3 Å². The molecule has 0 saturated carbocycles. The summed E-state index contributed by atoms with van der Waals surface area (Å²) in [5.41, 5.74) is -0.0794. The van der Waals surface area contributed by atoms with Gasteiger partial charge >= 0.3 is 0 Å². The van der Waals surface area contributed by atoms with Crippen molar-refractivity contribution in [3.05, 3.63) is 0 Å². The first kappa shape index (κ1) is 15.0. The van der Waals surface area contributed by atoms with Gasteiger partial charge in [0.1, 0.15) is 5.78 Å². The third-order valence-corrected chi connectivity index (χ3v) is 5.02. The van der Waals surface area contributed by atoms with Gasteiger partial charge in [-0.2, -0.15) is 0 Å². The molecule has 19 heavy (non-hydrogen) atoms. The molecule has 0 radical (unpaired) electrons. The molecule has 0 aromatic heterocycles. The monoisotopic (exact) mass is 267 g/mol. The Labute approximate surface area is 117 Å². The van der Waals surface area contributed by atoms with Crippen LogP contribution in [0.4, 0.5) is 0 Å². The van der Waals surface area contributed by atoms with Crippen LogP contribution >= 0.6 is 0 Å². The second-order valence-electron chi connectivity index (χ2n) is 6.79. The maximum absolute atomic E-state index is 12.5. The molecule has 0 bridgehead atoms. The smallest absolute Gasteiger partial charge is 0.138 e. The summed E-state index contributed by atoms with van der Waals surface area (Å²) < 4.78 is 5.61. The zero-order valence-electron chi connectivity index (χ0n) is 12.8. The Hall–Kier alpha value is -0.410. The van der Waals surface area contributed by atoms with Crippen LogP contribution in [0.2, 0.25) is 0 Å². The topological polar surface area (TPSA) is 29.5 Å². The summed E-state index contributed by atoms with van der Waals surface area (Å²) in [4.78, 5) is 15.0. The van der Waals surface area contributed by atoms with E-state index in [0.717, 1.165) is 45.4 Å². The van der Waals surface area contributed by atoms with E-state index in [9.17, 15) is 4.79 Å². The van der Waals surface area contributed by atoms with Gasteiger partial charge in [-0.1, -0.05) is 6.92 Å². The minimum atomic E-state index is -0.0794. The Kier molecular flexibility index (Phi) is 5.02. The number of carbonyl (C=O) groups excluding carboxylic acids is 1. The molecule has 0 aromatic carbocycles. The zero-order valence-corrected chi connectivity index (χ0v) is 12.8. The van der Waals surface area contributed by atoms with Gasteiger partial charge in [0, 0.05) is 24.5 Å². The van der Waals surface area contributed by atoms with Crippen molar-refractivity contribution >= 4 is 5.78 Å². The Morgan fingerprint density at radius 2 is 2.05 bits per heavy atom. The van der Waals surface area contributed by atoms with Gasteiger partial charge < -0.3 is 9.64 Å². The standard InChI is InChI=1S/C16H29NO2/c1-13(2)17-10-8-16(3,9-11-17)15(18)7-6-14-5-4-12-19-14/h13-14H,4-12H2,1-3H3. The lowest BCUT2D eigenvalue weighted by Gasteiger charge is -2.40. The minimum absolute atomic E-state index is 0.0794. The molecule has 0 amide bonds. The second kappa shape index (κ2) is 6.36. The van der Waals surface area contributed by atoms with E-state index >= 15 is 0 Å². The van der Waals surface area contributed by atoms with Gasteiger partial charge in [-0.05, 0) is 59.0 Å². The van der Waals surface area contributed by atoms with Crippen LogP contribution in [0.25, 0.3) is 0 Å². The molecule has 1 atom stereocenters. The number of hydrogen-bond donors (Lipinski definition) is 0. The largest absolute Gasteiger partial charge is 0.378 e. The highest BCUT2D eigenvalue weighted by Gasteiger charge is 2.36. The minimum Gasteiger partial charge on any atom is -0.378 e. The van der Waals surface area contributed by atoms with Gasteiger partial charge in [-0.15, -0.1) is 0 Å². The van der Waals surface area contributed by atoms with Crippen molar-refractivity contribution in [2.24, 2.45) is 5.41 Å². The van der Waals surface area contributed by atoms with E-state index in [1.54, 1.807) is 0 Å². The number of ketones is 1. The van der Waals surface area contributed by atoms with Crippen LogP contribution in [-0.4, -0.2) is 42.5 Å². The fourth-order valence-corrected chi connectivity index (χ4v) is 3.28. The number of Topliss-reactive ketones (excluding diaryl/α,β-unsaturated/α-hetero) is 1. The number of piperidine rings is 1. The quantitative estimate of drug-likeness (QED) is 0.767. The van der Waals surface area contributed by atoms with Crippen molar-refractivity contribution < 1.29 is 9.53 Å².